The van der Waals surface area contributed by atoms with Crippen molar-refractivity contribution in [3.05, 3.63) is 74.4 Å². The topological polar surface area (TPSA) is 49.0 Å². The molecule has 0 aliphatic carbocycles. The molecule has 1 N–H and O–H groups in total. The van der Waals surface area contributed by atoms with E-state index in [0.717, 1.165) is 22.4 Å². The Morgan fingerprint density at radius 1 is 1.04 bits per heavy atom. The number of amides is 1. The van der Waals surface area contributed by atoms with Crippen LogP contribution in [0.15, 0.2) is 42.5 Å². The van der Waals surface area contributed by atoms with Crippen molar-refractivity contribution in [3.8, 4) is 11.3 Å². The summed E-state index contributed by atoms with van der Waals surface area (Å²) in [6.45, 7) is 3.98. The van der Waals surface area contributed by atoms with E-state index in [9.17, 15) is 4.79 Å². The number of hydrogen-bond donors (Lipinski definition) is 1. The van der Waals surface area contributed by atoms with Gasteiger partial charge in [0.25, 0.3) is 5.91 Å². The number of H-pyrrole nitrogens is 1. The third kappa shape index (κ3) is 3.02. The summed E-state index contributed by atoms with van der Waals surface area (Å²) in [5, 5.41) is 8.93. The standard InChI is InChI=1S/C20H16Cl3N3O/c1-10(2)26-19(12-5-8-14(22)15(23)9-12)16-17(24-25-18(16)20(26)27)11-3-6-13(21)7-4-11/h3-10,19H,1-2H3,(H,24,25). The summed E-state index contributed by atoms with van der Waals surface area (Å²) in [4.78, 5) is 14.9. The SMILES string of the molecule is CC(C)N1C(=O)c2[nH]nc(-c3ccc(Cl)cc3)c2C1c1ccc(Cl)c(Cl)c1. The van der Waals surface area contributed by atoms with Crippen molar-refractivity contribution < 1.29 is 4.79 Å². The van der Waals surface area contributed by atoms with Gasteiger partial charge in [0.15, 0.2) is 0 Å². The molecule has 0 saturated carbocycles. The molecule has 138 valence electrons. The highest BCUT2D eigenvalue weighted by atomic mass is 35.5. The van der Waals surface area contributed by atoms with E-state index in [2.05, 4.69) is 10.2 Å². The molecule has 1 aliphatic heterocycles. The average molecular weight is 421 g/mol. The summed E-state index contributed by atoms with van der Waals surface area (Å²) < 4.78 is 0. The Labute approximate surface area is 172 Å². The zero-order valence-electron chi connectivity index (χ0n) is 14.6. The van der Waals surface area contributed by atoms with E-state index < -0.39 is 0 Å². The molecule has 4 rings (SSSR count). The van der Waals surface area contributed by atoms with E-state index in [1.165, 1.54) is 0 Å². The molecule has 2 heterocycles. The van der Waals surface area contributed by atoms with Crippen molar-refractivity contribution in [1.29, 1.82) is 0 Å². The van der Waals surface area contributed by atoms with E-state index in [4.69, 9.17) is 34.8 Å². The Kier molecular flexibility index (Phi) is 4.66. The number of rotatable bonds is 3. The average Bonchev–Trinajstić information content (AvgIpc) is 3.17. The zero-order chi connectivity index (χ0) is 19.3. The van der Waals surface area contributed by atoms with Gasteiger partial charge in [0.2, 0.25) is 0 Å². The summed E-state index contributed by atoms with van der Waals surface area (Å²) >= 11 is 18.4. The first kappa shape index (κ1) is 18.4. The zero-order valence-corrected chi connectivity index (χ0v) is 16.9. The van der Waals surface area contributed by atoms with Gasteiger partial charge in [-0.3, -0.25) is 9.89 Å². The van der Waals surface area contributed by atoms with Crippen molar-refractivity contribution in [2.45, 2.75) is 25.9 Å². The van der Waals surface area contributed by atoms with Crippen LogP contribution in [0.2, 0.25) is 15.1 Å². The number of nitrogens with zero attached hydrogens (tertiary/aromatic N) is 2. The van der Waals surface area contributed by atoms with Gasteiger partial charge in [0.05, 0.1) is 21.8 Å². The molecule has 1 amide bonds. The molecule has 2 aromatic carbocycles. The fraction of sp³-hybridized carbons (Fsp3) is 0.200. The molecule has 1 atom stereocenters. The lowest BCUT2D eigenvalue weighted by Crippen LogP contribution is -2.35. The van der Waals surface area contributed by atoms with Crippen LogP contribution in [0, 0.1) is 0 Å². The fourth-order valence-corrected chi connectivity index (χ4v) is 3.97. The maximum absolute atomic E-state index is 13.0. The van der Waals surface area contributed by atoms with E-state index in [1.807, 2.05) is 55.1 Å². The highest BCUT2D eigenvalue weighted by Gasteiger charge is 2.43. The number of hydrogen-bond acceptors (Lipinski definition) is 2. The molecule has 0 bridgehead atoms. The summed E-state index contributed by atoms with van der Waals surface area (Å²) in [6, 6.07) is 12.6. The predicted octanol–water partition coefficient (Wildman–Crippen LogP) is 5.99. The minimum Gasteiger partial charge on any atom is -0.324 e. The molecule has 1 unspecified atom stereocenters. The maximum atomic E-state index is 13.0. The minimum absolute atomic E-state index is 0.00387. The van der Waals surface area contributed by atoms with Crippen molar-refractivity contribution in [1.82, 2.24) is 15.1 Å². The van der Waals surface area contributed by atoms with E-state index in [-0.39, 0.29) is 18.0 Å². The van der Waals surface area contributed by atoms with Crippen LogP contribution in [0.4, 0.5) is 0 Å². The monoisotopic (exact) mass is 419 g/mol. The van der Waals surface area contributed by atoms with E-state index >= 15 is 0 Å². The lowest BCUT2D eigenvalue weighted by molar-refractivity contribution is 0.0688. The first-order valence-corrected chi connectivity index (χ1v) is 9.63. The lowest BCUT2D eigenvalue weighted by atomic mass is 9.95. The number of aromatic nitrogens is 2. The van der Waals surface area contributed by atoms with Crippen LogP contribution in [0.5, 0.6) is 0 Å². The molecule has 27 heavy (non-hydrogen) atoms. The second kappa shape index (κ2) is 6.86. The molecule has 3 aromatic rings. The molecule has 0 spiro atoms. The van der Waals surface area contributed by atoms with Gasteiger partial charge in [-0.2, -0.15) is 5.10 Å². The van der Waals surface area contributed by atoms with Crippen LogP contribution in [-0.4, -0.2) is 27.0 Å². The van der Waals surface area contributed by atoms with Crippen molar-refractivity contribution >= 4 is 40.7 Å². The normalized spacial score (nSPS) is 16.3. The summed E-state index contributed by atoms with van der Waals surface area (Å²) in [7, 11) is 0. The molecule has 0 fully saturated rings. The number of nitrogens with one attached hydrogen (secondary N) is 1. The van der Waals surface area contributed by atoms with Crippen LogP contribution < -0.4 is 0 Å². The molecular weight excluding hydrogens is 405 g/mol. The highest BCUT2D eigenvalue weighted by molar-refractivity contribution is 6.42. The summed E-state index contributed by atoms with van der Waals surface area (Å²) in [5.74, 6) is -0.0798. The van der Waals surface area contributed by atoms with Crippen LogP contribution in [0.3, 0.4) is 0 Å². The number of benzene rings is 2. The smallest absolute Gasteiger partial charge is 0.273 e. The quantitative estimate of drug-likeness (QED) is 0.565. The maximum Gasteiger partial charge on any atom is 0.273 e. The minimum atomic E-state index is -0.299. The van der Waals surface area contributed by atoms with E-state index in [0.29, 0.717) is 20.8 Å². The van der Waals surface area contributed by atoms with Gasteiger partial charge in [-0.05, 0) is 43.7 Å². The van der Waals surface area contributed by atoms with Gasteiger partial charge in [-0.15, -0.1) is 0 Å². The summed E-state index contributed by atoms with van der Waals surface area (Å²) in [5.41, 5.74) is 3.86. The molecular formula is C20H16Cl3N3O. The molecule has 4 nitrogen and oxygen atoms in total. The van der Waals surface area contributed by atoms with Gasteiger partial charge in [0, 0.05) is 22.2 Å². The van der Waals surface area contributed by atoms with Crippen molar-refractivity contribution in [2.75, 3.05) is 0 Å². The Morgan fingerprint density at radius 3 is 2.37 bits per heavy atom. The van der Waals surface area contributed by atoms with Crippen LogP contribution in [0.25, 0.3) is 11.3 Å². The molecule has 7 heteroatoms. The second-order valence-electron chi connectivity index (χ2n) is 6.75. The first-order valence-electron chi connectivity index (χ1n) is 8.50. The van der Waals surface area contributed by atoms with Gasteiger partial charge in [0.1, 0.15) is 5.69 Å². The molecule has 0 saturated heterocycles. The van der Waals surface area contributed by atoms with Crippen molar-refractivity contribution in [2.24, 2.45) is 0 Å². The van der Waals surface area contributed by atoms with Crippen LogP contribution in [0.1, 0.15) is 41.5 Å². The third-order valence-corrected chi connectivity index (χ3v) is 5.73. The van der Waals surface area contributed by atoms with Crippen LogP contribution in [-0.2, 0) is 0 Å². The summed E-state index contributed by atoms with van der Waals surface area (Å²) in [6.07, 6.45) is 0. The van der Waals surface area contributed by atoms with Gasteiger partial charge < -0.3 is 4.90 Å². The second-order valence-corrected chi connectivity index (χ2v) is 8.00. The number of carbonyl (C=O) groups is 1. The largest absolute Gasteiger partial charge is 0.324 e. The Morgan fingerprint density at radius 2 is 1.74 bits per heavy atom. The number of carbonyl (C=O) groups excluding carboxylic acids is 1. The molecule has 1 aliphatic rings. The highest BCUT2D eigenvalue weighted by Crippen LogP contribution is 2.44. The van der Waals surface area contributed by atoms with Crippen LogP contribution >= 0.6 is 34.8 Å². The van der Waals surface area contributed by atoms with Gasteiger partial charge in [-0.25, -0.2) is 0 Å². The van der Waals surface area contributed by atoms with Gasteiger partial charge >= 0.3 is 0 Å². The first-order chi connectivity index (χ1) is 12.9. The Bertz CT molecular complexity index is 1030. The predicted molar refractivity (Wildman–Crippen MR) is 109 cm³/mol. The number of halogens is 3. The Hall–Kier alpha value is -2.01. The van der Waals surface area contributed by atoms with E-state index in [1.54, 1.807) is 6.07 Å². The Balaban J connectivity index is 1.92. The molecule has 0 radical (unpaired) electrons. The number of aromatic amines is 1. The third-order valence-electron chi connectivity index (χ3n) is 4.74. The molecule has 1 aromatic heterocycles. The lowest BCUT2D eigenvalue weighted by Gasteiger charge is -2.30. The fourth-order valence-electron chi connectivity index (χ4n) is 3.54. The van der Waals surface area contributed by atoms with Crippen molar-refractivity contribution in [3.63, 3.8) is 0 Å². The number of fused-ring (bicyclic) bond motifs is 1. The van der Waals surface area contributed by atoms with Gasteiger partial charge in [-0.1, -0.05) is 53.0 Å².